The summed E-state index contributed by atoms with van der Waals surface area (Å²) in [6, 6.07) is 1.97. The van der Waals surface area contributed by atoms with Crippen LogP contribution in [0.1, 0.15) is 19.3 Å². The van der Waals surface area contributed by atoms with Crippen LogP contribution in [0.5, 0.6) is 0 Å². The molecule has 1 fully saturated rings. The minimum absolute atomic E-state index is 1.09. The molecule has 0 spiro atoms. The van der Waals surface area contributed by atoms with E-state index in [1.807, 2.05) is 6.07 Å². The van der Waals surface area contributed by atoms with Crippen LogP contribution in [-0.4, -0.2) is 23.3 Å². The second-order valence-corrected chi connectivity index (χ2v) is 3.08. The number of hydrogen-bond donors (Lipinski definition) is 0. The van der Waals surface area contributed by atoms with E-state index in [0.717, 1.165) is 18.8 Å². The van der Waals surface area contributed by atoms with Crippen LogP contribution in [0.2, 0.25) is 0 Å². The third kappa shape index (κ3) is 1.55. The number of nitrogens with zero attached hydrogens (tertiary/aromatic N) is 3. The number of piperidine rings is 1. The molecule has 2 rings (SSSR count). The molecule has 2 heterocycles. The zero-order valence-electron chi connectivity index (χ0n) is 7.03. The number of hydrogen-bond acceptors (Lipinski definition) is 3. The van der Waals surface area contributed by atoms with Crippen molar-refractivity contribution < 1.29 is 0 Å². The van der Waals surface area contributed by atoms with Crippen LogP contribution in [-0.2, 0) is 0 Å². The highest BCUT2D eigenvalue weighted by molar-refractivity contribution is 5.41. The molecule has 1 aliphatic rings. The van der Waals surface area contributed by atoms with Crippen molar-refractivity contribution in [3.8, 4) is 0 Å². The maximum absolute atomic E-state index is 3.74. The van der Waals surface area contributed by atoms with E-state index < -0.39 is 0 Å². The first-order valence-electron chi connectivity index (χ1n) is 4.41. The highest BCUT2D eigenvalue weighted by atomic mass is 15.2. The fourth-order valence-corrected chi connectivity index (χ4v) is 1.57. The van der Waals surface area contributed by atoms with Gasteiger partial charge in [-0.1, -0.05) is 0 Å². The van der Waals surface area contributed by atoms with Gasteiger partial charge in [-0.25, -0.2) is 0 Å². The molecule has 1 aromatic heterocycles. The van der Waals surface area contributed by atoms with Gasteiger partial charge in [-0.05, 0) is 25.3 Å². The fourth-order valence-electron chi connectivity index (χ4n) is 1.57. The Morgan fingerprint density at radius 1 is 1.25 bits per heavy atom. The highest BCUT2D eigenvalue weighted by Gasteiger charge is 2.10. The normalized spacial score (nSPS) is 17.8. The summed E-state index contributed by atoms with van der Waals surface area (Å²) >= 11 is 0. The first-order chi connectivity index (χ1) is 5.97. The second kappa shape index (κ2) is 3.52. The largest absolute Gasteiger partial charge is 0.370 e. The molecule has 1 radical (unpaired) electrons. The van der Waals surface area contributed by atoms with Gasteiger partial charge in [0.2, 0.25) is 0 Å². The van der Waals surface area contributed by atoms with Gasteiger partial charge in [0, 0.05) is 13.1 Å². The summed E-state index contributed by atoms with van der Waals surface area (Å²) in [5.41, 5.74) is 1.09. The van der Waals surface area contributed by atoms with Gasteiger partial charge in [0.05, 0.1) is 11.9 Å². The van der Waals surface area contributed by atoms with Crippen LogP contribution >= 0.6 is 0 Å². The van der Waals surface area contributed by atoms with Crippen molar-refractivity contribution in [3.63, 3.8) is 0 Å². The van der Waals surface area contributed by atoms with E-state index in [9.17, 15) is 0 Å². The van der Waals surface area contributed by atoms with E-state index >= 15 is 0 Å². The molecular weight excluding hydrogens is 150 g/mol. The third-order valence-electron chi connectivity index (χ3n) is 2.22. The van der Waals surface area contributed by atoms with Gasteiger partial charge in [0.15, 0.2) is 0 Å². The van der Waals surface area contributed by atoms with Crippen molar-refractivity contribution >= 4 is 5.69 Å². The Balaban J connectivity index is 2.08. The van der Waals surface area contributed by atoms with E-state index in [2.05, 4.69) is 21.3 Å². The van der Waals surface area contributed by atoms with Gasteiger partial charge >= 0.3 is 0 Å². The first kappa shape index (κ1) is 7.53. The quantitative estimate of drug-likeness (QED) is 0.622. The maximum Gasteiger partial charge on any atom is 0.139 e. The fraction of sp³-hybridized carbons (Fsp3) is 0.556. The topological polar surface area (TPSA) is 29.0 Å². The second-order valence-electron chi connectivity index (χ2n) is 3.08. The average molecular weight is 162 g/mol. The Kier molecular flexibility index (Phi) is 2.21. The zero-order valence-corrected chi connectivity index (χ0v) is 7.03. The molecule has 0 saturated carbocycles. The Morgan fingerprint density at radius 3 is 2.75 bits per heavy atom. The van der Waals surface area contributed by atoms with E-state index in [1.54, 1.807) is 6.20 Å². The number of aromatic nitrogens is 2. The molecule has 1 aliphatic heterocycles. The minimum Gasteiger partial charge on any atom is -0.370 e. The lowest BCUT2D eigenvalue weighted by molar-refractivity contribution is 0.576. The molecule has 12 heavy (non-hydrogen) atoms. The first-order valence-corrected chi connectivity index (χ1v) is 4.41. The molecule has 0 bridgehead atoms. The summed E-state index contributed by atoms with van der Waals surface area (Å²) < 4.78 is 0. The van der Waals surface area contributed by atoms with Crippen molar-refractivity contribution in [2.24, 2.45) is 0 Å². The van der Waals surface area contributed by atoms with E-state index in [1.165, 1.54) is 19.3 Å². The smallest absolute Gasteiger partial charge is 0.139 e. The Bertz CT molecular complexity index is 229. The van der Waals surface area contributed by atoms with Crippen molar-refractivity contribution in [1.82, 2.24) is 10.2 Å². The molecular formula is C9H12N3. The van der Waals surface area contributed by atoms with Gasteiger partial charge in [-0.15, -0.1) is 5.10 Å². The van der Waals surface area contributed by atoms with Gasteiger partial charge < -0.3 is 4.90 Å². The molecule has 3 nitrogen and oxygen atoms in total. The Hall–Kier alpha value is -1.12. The lowest BCUT2D eigenvalue weighted by atomic mass is 10.1. The van der Waals surface area contributed by atoms with Gasteiger partial charge in [-0.2, -0.15) is 5.10 Å². The number of anilines is 1. The minimum atomic E-state index is 1.09. The SMILES string of the molecule is [c]1nnccc1N1CCCCC1. The van der Waals surface area contributed by atoms with Crippen molar-refractivity contribution in [3.05, 3.63) is 18.5 Å². The van der Waals surface area contributed by atoms with Crippen LogP contribution in [0.15, 0.2) is 12.3 Å². The van der Waals surface area contributed by atoms with E-state index in [0.29, 0.717) is 0 Å². The summed E-state index contributed by atoms with van der Waals surface area (Å²) in [4.78, 5) is 2.32. The predicted octanol–water partition coefficient (Wildman–Crippen LogP) is 1.27. The number of rotatable bonds is 1. The van der Waals surface area contributed by atoms with Crippen molar-refractivity contribution in [2.45, 2.75) is 19.3 Å². The molecule has 63 valence electrons. The molecule has 0 atom stereocenters. The van der Waals surface area contributed by atoms with Gasteiger partial charge in [0.1, 0.15) is 6.20 Å². The van der Waals surface area contributed by atoms with Crippen LogP contribution in [0, 0.1) is 6.20 Å². The molecule has 0 N–H and O–H groups in total. The molecule has 3 heteroatoms. The molecule has 0 amide bonds. The standard InChI is InChI=1S/C9H12N3/c1-2-6-12(7-3-1)9-4-5-10-11-8-9/h4-5H,1-3,6-7H2. The van der Waals surface area contributed by atoms with Crippen LogP contribution in [0.25, 0.3) is 0 Å². The van der Waals surface area contributed by atoms with Crippen molar-refractivity contribution in [2.75, 3.05) is 18.0 Å². The van der Waals surface area contributed by atoms with Crippen LogP contribution < -0.4 is 4.90 Å². The summed E-state index contributed by atoms with van der Waals surface area (Å²) in [7, 11) is 0. The summed E-state index contributed by atoms with van der Waals surface area (Å²) in [6.07, 6.45) is 8.56. The van der Waals surface area contributed by atoms with Gasteiger partial charge in [0.25, 0.3) is 0 Å². The lowest BCUT2D eigenvalue weighted by Gasteiger charge is -2.27. The lowest BCUT2D eigenvalue weighted by Crippen LogP contribution is -2.29. The van der Waals surface area contributed by atoms with Crippen LogP contribution in [0.4, 0.5) is 5.69 Å². The molecule has 1 aromatic rings. The highest BCUT2D eigenvalue weighted by Crippen LogP contribution is 2.16. The summed E-state index contributed by atoms with van der Waals surface area (Å²) in [6.45, 7) is 2.28. The molecule has 0 unspecified atom stereocenters. The summed E-state index contributed by atoms with van der Waals surface area (Å²) in [5, 5.41) is 7.45. The monoisotopic (exact) mass is 162 g/mol. The van der Waals surface area contributed by atoms with E-state index in [-0.39, 0.29) is 0 Å². The van der Waals surface area contributed by atoms with Crippen LogP contribution in [0.3, 0.4) is 0 Å². The maximum atomic E-state index is 3.74. The molecule has 0 aromatic carbocycles. The third-order valence-corrected chi connectivity index (χ3v) is 2.22. The molecule has 0 aliphatic carbocycles. The van der Waals surface area contributed by atoms with Gasteiger partial charge in [-0.3, -0.25) is 0 Å². The Morgan fingerprint density at radius 2 is 2.08 bits per heavy atom. The van der Waals surface area contributed by atoms with E-state index in [4.69, 9.17) is 0 Å². The summed E-state index contributed by atoms with van der Waals surface area (Å²) in [5.74, 6) is 0. The average Bonchev–Trinajstić information content (AvgIpc) is 2.21. The van der Waals surface area contributed by atoms with Crippen molar-refractivity contribution in [1.29, 1.82) is 0 Å². The zero-order chi connectivity index (χ0) is 8.23. The molecule has 1 saturated heterocycles. The predicted molar refractivity (Wildman–Crippen MR) is 46.9 cm³/mol. The Labute approximate surface area is 72.4 Å².